The van der Waals surface area contributed by atoms with E-state index < -0.39 is 8.07 Å². The van der Waals surface area contributed by atoms with Crippen molar-refractivity contribution < 1.29 is 24.5 Å². The van der Waals surface area contributed by atoms with Gasteiger partial charge in [0.1, 0.15) is 5.82 Å². The molecule has 2 nitrogen and oxygen atoms in total. The molecule has 1 radical (unpaired) electrons. The van der Waals surface area contributed by atoms with Crippen LogP contribution in [0, 0.1) is 17.9 Å². The van der Waals surface area contributed by atoms with E-state index in [0.717, 1.165) is 61.1 Å². The molecular weight excluding hydrogens is 792 g/mol. The number of pyridine rings is 2. The van der Waals surface area contributed by atoms with E-state index in [1.807, 2.05) is 73.1 Å². The maximum atomic E-state index is 14.9. The van der Waals surface area contributed by atoms with E-state index in [2.05, 4.69) is 67.1 Å². The van der Waals surface area contributed by atoms with Gasteiger partial charge in [-0.2, -0.15) is 11.3 Å². The van der Waals surface area contributed by atoms with Crippen LogP contribution in [0.2, 0.25) is 19.6 Å². The van der Waals surface area contributed by atoms with E-state index in [-0.39, 0.29) is 25.9 Å². The van der Waals surface area contributed by atoms with Crippen molar-refractivity contribution in [2.45, 2.75) is 45.3 Å². The molecule has 4 aromatic carbocycles. The van der Waals surface area contributed by atoms with Crippen molar-refractivity contribution in [3.05, 3.63) is 139 Å². The number of nitrogens with zero attached hydrogens (tertiary/aromatic N) is 2. The Hall–Kier alpha value is -3.80. The summed E-state index contributed by atoms with van der Waals surface area (Å²) in [6.45, 7) is 7.00. The van der Waals surface area contributed by atoms with Gasteiger partial charge in [0.25, 0.3) is 0 Å². The minimum atomic E-state index is -1.23. The van der Waals surface area contributed by atoms with Crippen molar-refractivity contribution in [2.24, 2.45) is 0 Å². The second-order valence-electron chi connectivity index (χ2n) is 12.9. The third-order valence-corrected chi connectivity index (χ3v) is 11.9. The number of hydrogen-bond donors (Lipinski definition) is 0. The third kappa shape index (κ3) is 7.07. The van der Waals surface area contributed by atoms with Gasteiger partial charge in [-0.3, -0.25) is 0 Å². The smallest absolute Gasteiger partial charge is 0.132 e. The summed E-state index contributed by atoms with van der Waals surface area (Å²) >= 11 is 1.64. The Balaban J connectivity index is 0.000000194. The van der Waals surface area contributed by atoms with Crippen molar-refractivity contribution in [1.29, 1.82) is 0 Å². The van der Waals surface area contributed by atoms with Crippen LogP contribution in [0.15, 0.2) is 109 Å². The van der Waals surface area contributed by atoms with Crippen LogP contribution in [-0.4, -0.2) is 18.0 Å². The Labute approximate surface area is 295 Å². The Morgan fingerprint density at radius 2 is 1.55 bits per heavy atom. The first-order valence-electron chi connectivity index (χ1n) is 15.9. The Morgan fingerprint density at radius 1 is 0.766 bits per heavy atom. The molecule has 0 N–H and O–H groups in total. The number of hydrogen-bond acceptors (Lipinski definition) is 3. The molecule has 0 unspecified atom stereocenters. The summed E-state index contributed by atoms with van der Waals surface area (Å²) in [5.74, 6) is -0.178. The number of halogens is 1. The minimum Gasteiger partial charge on any atom is -0.305 e. The van der Waals surface area contributed by atoms with Gasteiger partial charge in [0.05, 0.1) is 8.07 Å². The number of benzene rings is 4. The quantitative estimate of drug-likeness (QED) is 0.131. The predicted molar refractivity (Wildman–Crippen MR) is 195 cm³/mol. The maximum Gasteiger partial charge on any atom is 0.132 e. The van der Waals surface area contributed by atoms with Crippen LogP contribution in [0.3, 0.4) is 0 Å². The molecule has 1 aliphatic rings. The topological polar surface area (TPSA) is 25.8 Å². The molecule has 1 aliphatic carbocycles. The van der Waals surface area contributed by atoms with Gasteiger partial charge in [-0.25, -0.2) is 4.39 Å². The Bertz CT molecular complexity index is 2140. The molecule has 0 fully saturated rings. The van der Waals surface area contributed by atoms with Crippen LogP contribution >= 0.6 is 11.3 Å². The van der Waals surface area contributed by atoms with Gasteiger partial charge in [-0.1, -0.05) is 84.7 Å². The molecule has 3 aromatic heterocycles. The van der Waals surface area contributed by atoms with Gasteiger partial charge >= 0.3 is 0 Å². The maximum absolute atomic E-state index is 14.9. The number of aromatic nitrogens is 2. The van der Waals surface area contributed by atoms with Crippen molar-refractivity contribution in [3.8, 4) is 33.6 Å². The molecular formula is C41H35FIrN2SSi-2. The molecule has 0 aliphatic heterocycles. The Morgan fingerprint density at radius 3 is 2.30 bits per heavy atom. The molecule has 7 aromatic rings. The fourth-order valence-corrected chi connectivity index (χ4v) is 8.32. The van der Waals surface area contributed by atoms with Crippen molar-refractivity contribution in [1.82, 2.24) is 9.97 Å². The summed E-state index contributed by atoms with van der Waals surface area (Å²) in [4.78, 5) is 9.22. The van der Waals surface area contributed by atoms with Gasteiger partial charge in [0.15, 0.2) is 0 Å². The molecule has 0 saturated heterocycles. The van der Waals surface area contributed by atoms with Crippen LogP contribution in [0.5, 0.6) is 0 Å². The number of rotatable bonds is 4. The zero-order chi connectivity index (χ0) is 31.7. The summed E-state index contributed by atoms with van der Waals surface area (Å²) in [6, 6.07) is 38.7. The van der Waals surface area contributed by atoms with Gasteiger partial charge in [0.2, 0.25) is 0 Å². The van der Waals surface area contributed by atoms with E-state index in [9.17, 15) is 4.39 Å². The SMILES string of the molecule is C[Si](C)(C)c1ccc(-c2[c-]cccc2)nc1.Fc1cc2sc3cc(-c4nccc5c4CCCC5)[c-]cc3c2cc1-c1ccccc1.[Ir]. The van der Waals surface area contributed by atoms with E-state index in [0.29, 0.717) is 5.56 Å². The van der Waals surface area contributed by atoms with Crippen LogP contribution in [0.1, 0.15) is 24.0 Å². The minimum absolute atomic E-state index is 0. The average Bonchev–Trinajstić information content (AvgIpc) is 3.44. The molecule has 0 bridgehead atoms. The number of thiophene rings is 1. The molecule has 6 heteroatoms. The fourth-order valence-electron chi connectivity index (χ4n) is 6.15. The van der Waals surface area contributed by atoms with E-state index >= 15 is 0 Å². The van der Waals surface area contributed by atoms with Crippen LogP contribution < -0.4 is 5.19 Å². The molecule has 0 spiro atoms. The molecule has 0 saturated carbocycles. The van der Waals surface area contributed by atoms with Gasteiger partial charge < -0.3 is 9.97 Å². The number of aryl methyl sites for hydroxylation is 1. The second kappa shape index (κ2) is 14.1. The molecule has 0 amide bonds. The van der Waals surface area contributed by atoms with Crippen molar-refractivity contribution in [3.63, 3.8) is 0 Å². The van der Waals surface area contributed by atoms with Crippen LogP contribution in [0.25, 0.3) is 53.8 Å². The summed E-state index contributed by atoms with van der Waals surface area (Å²) < 4.78 is 17.0. The average molecular weight is 827 g/mol. The van der Waals surface area contributed by atoms with Crippen LogP contribution in [-0.2, 0) is 32.9 Å². The predicted octanol–water partition coefficient (Wildman–Crippen LogP) is 10.7. The van der Waals surface area contributed by atoms with E-state index in [1.165, 1.54) is 29.2 Å². The van der Waals surface area contributed by atoms with Gasteiger partial charge in [0, 0.05) is 42.8 Å². The fraction of sp³-hybridized carbons (Fsp3) is 0.171. The zero-order valence-electron chi connectivity index (χ0n) is 26.7. The largest absolute Gasteiger partial charge is 0.305 e. The van der Waals surface area contributed by atoms with Crippen molar-refractivity contribution >= 4 is 44.8 Å². The van der Waals surface area contributed by atoms with E-state index in [4.69, 9.17) is 4.98 Å². The Kier molecular flexibility index (Phi) is 9.95. The van der Waals surface area contributed by atoms with Gasteiger partial charge in [-0.15, -0.1) is 59.7 Å². The standard InChI is InChI=1S/C27H19FNS.C14H16NSi.Ir/c28-24-16-26-23(15-22(24)17-6-2-1-3-7-17)21-11-10-19(14-25(21)30-26)27-20-9-5-4-8-18(20)12-13-29-27;1-16(2,3)13-9-10-14(15-11-13)12-7-5-4-6-8-12;/h1-3,6-7,11-16H,4-5,8-9H2;4-7,9-11H,1-3H3;/q2*-1;. The monoisotopic (exact) mass is 827 g/mol. The number of fused-ring (bicyclic) bond motifs is 4. The first-order valence-corrected chi connectivity index (χ1v) is 20.2. The summed E-state index contributed by atoms with van der Waals surface area (Å²) in [7, 11) is -1.23. The molecule has 3 heterocycles. The summed E-state index contributed by atoms with van der Waals surface area (Å²) in [5, 5.41) is 3.61. The summed E-state index contributed by atoms with van der Waals surface area (Å²) in [6.07, 6.45) is 8.63. The molecule has 8 rings (SSSR count). The first-order chi connectivity index (χ1) is 22.3. The third-order valence-electron chi connectivity index (χ3n) is 8.72. The zero-order valence-corrected chi connectivity index (χ0v) is 30.9. The van der Waals surface area contributed by atoms with Crippen molar-refractivity contribution in [2.75, 3.05) is 0 Å². The van der Waals surface area contributed by atoms with Crippen LogP contribution in [0.4, 0.5) is 4.39 Å². The molecule has 237 valence electrons. The molecule has 47 heavy (non-hydrogen) atoms. The normalized spacial score (nSPS) is 12.6. The van der Waals surface area contributed by atoms with E-state index in [1.54, 1.807) is 17.4 Å². The summed E-state index contributed by atoms with van der Waals surface area (Å²) in [5.41, 5.74) is 8.50. The molecule has 0 atom stereocenters. The van der Waals surface area contributed by atoms with Gasteiger partial charge in [-0.05, 0) is 70.0 Å². The first kappa shape index (κ1) is 33.1. The second-order valence-corrected chi connectivity index (χ2v) is 19.0.